The second kappa shape index (κ2) is 13.9. The fourth-order valence-corrected chi connectivity index (χ4v) is 3.59. The lowest BCUT2D eigenvalue weighted by atomic mass is 10.1. The number of β-amino-alcohol motifs (C(OH)–C–C–N with tert-alkyl or cyclic N) is 1. The monoisotopic (exact) mass is 488 g/mol. The smallest absolute Gasteiger partial charge is 0.162 e. The summed E-state index contributed by atoms with van der Waals surface area (Å²) >= 11 is 5.94. The molecule has 1 fully saturated rings. The molecule has 0 radical (unpaired) electrons. The molecule has 1 unspecified atom stereocenters. The summed E-state index contributed by atoms with van der Waals surface area (Å²) in [7, 11) is 0. The van der Waals surface area contributed by atoms with Crippen LogP contribution in [0.3, 0.4) is 0 Å². The second-order valence-corrected chi connectivity index (χ2v) is 7.91. The first-order valence-corrected chi connectivity index (χ1v) is 10.5. The standard InChI is InChI=1S/C23H29ClN2O3.2ClH/c1-2-23(28)19-5-9-22(10-6-19)29-17-21(27)16-26-13-11-25(12-14-26)15-18-3-7-20(24)8-4-18;;/h3-10,21,27H,2,11-17H2,1H3;2*1H. The molecule has 1 saturated heterocycles. The number of nitrogens with zero attached hydrogens (tertiary/aromatic N) is 2. The van der Waals surface area contributed by atoms with Crippen molar-refractivity contribution >= 4 is 42.2 Å². The zero-order valence-electron chi connectivity index (χ0n) is 17.7. The molecular weight excluding hydrogens is 459 g/mol. The van der Waals surface area contributed by atoms with Crippen LogP contribution >= 0.6 is 36.4 Å². The highest BCUT2D eigenvalue weighted by molar-refractivity contribution is 6.30. The molecule has 1 N–H and O–H groups in total. The van der Waals surface area contributed by atoms with Crippen molar-refractivity contribution in [3.05, 3.63) is 64.7 Å². The maximum absolute atomic E-state index is 11.7. The number of rotatable bonds is 9. The van der Waals surface area contributed by atoms with E-state index in [-0.39, 0.29) is 37.2 Å². The van der Waals surface area contributed by atoms with Crippen LogP contribution in [0.1, 0.15) is 29.3 Å². The third-order valence-electron chi connectivity index (χ3n) is 5.19. The van der Waals surface area contributed by atoms with Crippen molar-refractivity contribution in [3.63, 3.8) is 0 Å². The van der Waals surface area contributed by atoms with Gasteiger partial charge in [0.25, 0.3) is 0 Å². The average Bonchev–Trinajstić information content (AvgIpc) is 2.75. The van der Waals surface area contributed by atoms with Gasteiger partial charge in [0.2, 0.25) is 0 Å². The van der Waals surface area contributed by atoms with Crippen molar-refractivity contribution in [2.75, 3.05) is 39.3 Å². The first-order valence-electron chi connectivity index (χ1n) is 10.2. The number of aliphatic hydroxyl groups is 1. The molecular formula is C23H31Cl3N2O3. The van der Waals surface area contributed by atoms with Gasteiger partial charge in [-0.05, 0) is 42.0 Å². The van der Waals surface area contributed by atoms with E-state index in [9.17, 15) is 9.90 Å². The second-order valence-electron chi connectivity index (χ2n) is 7.47. The fourth-order valence-electron chi connectivity index (χ4n) is 3.46. The summed E-state index contributed by atoms with van der Waals surface area (Å²) < 4.78 is 5.68. The van der Waals surface area contributed by atoms with Crippen LogP contribution in [0.4, 0.5) is 0 Å². The minimum Gasteiger partial charge on any atom is -0.491 e. The highest BCUT2D eigenvalue weighted by atomic mass is 35.5. The van der Waals surface area contributed by atoms with Gasteiger partial charge in [0.1, 0.15) is 18.5 Å². The topological polar surface area (TPSA) is 53.0 Å². The fraction of sp³-hybridized carbons (Fsp3) is 0.435. The van der Waals surface area contributed by atoms with E-state index in [4.69, 9.17) is 16.3 Å². The van der Waals surface area contributed by atoms with Crippen LogP contribution in [0.2, 0.25) is 5.02 Å². The average molecular weight is 490 g/mol. The number of carbonyl (C=O) groups excluding carboxylic acids is 1. The Morgan fingerprint density at radius 2 is 1.58 bits per heavy atom. The molecule has 2 aromatic rings. The van der Waals surface area contributed by atoms with Crippen molar-refractivity contribution in [2.24, 2.45) is 0 Å². The Balaban J connectivity index is 0.00000240. The Hall–Kier alpha value is -1.34. The summed E-state index contributed by atoms with van der Waals surface area (Å²) in [6.07, 6.45) is -0.0546. The molecule has 0 aromatic heterocycles. The van der Waals surface area contributed by atoms with Gasteiger partial charge in [-0.2, -0.15) is 0 Å². The summed E-state index contributed by atoms with van der Waals surface area (Å²) in [4.78, 5) is 16.3. The van der Waals surface area contributed by atoms with Crippen LogP contribution in [0, 0.1) is 0 Å². The number of hydrogen-bond donors (Lipinski definition) is 1. The highest BCUT2D eigenvalue weighted by Crippen LogP contribution is 2.15. The van der Waals surface area contributed by atoms with Crippen molar-refractivity contribution < 1.29 is 14.6 Å². The molecule has 1 aliphatic heterocycles. The Morgan fingerprint density at radius 1 is 1.00 bits per heavy atom. The third-order valence-corrected chi connectivity index (χ3v) is 5.45. The minimum atomic E-state index is -0.547. The number of piperazine rings is 1. The predicted molar refractivity (Wildman–Crippen MR) is 130 cm³/mol. The number of ether oxygens (including phenoxy) is 1. The SMILES string of the molecule is CCC(=O)c1ccc(OCC(O)CN2CCN(Cc3ccc(Cl)cc3)CC2)cc1.Cl.Cl. The van der Waals surface area contributed by atoms with Crippen molar-refractivity contribution in [2.45, 2.75) is 26.0 Å². The van der Waals surface area contributed by atoms with Crippen molar-refractivity contribution in [1.82, 2.24) is 9.80 Å². The molecule has 0 spiro atoms. The summed E-state index contributed by atoms with van der Waals surface area (Å²) in [5.41, 5.74) is 1.96. The molecule has 8 heteroatoms. The van der Waals surface area contributed by atoms with Crippen molar-refractivity contribution in [1.29, 1.82) is 0 Å². The summed E-state index contributed by atoms with van der Waals surface area (Å²) in [6.45, 7) is 7.42. The maximum Gasteiger partial charge on any atom is 0.162 e. The molecule has 1 aliphatic rings. The number of halogens is 3. The first-order chi connectivity index (χ1) is 14.0. The van der Waals surface area contributed by atoms with E-state index in [1.54, 1.807) is 24.3 Å². The van der Waals surface area contributed by atoms with Crippen molar-refractivity contribution in [3.8, 4) is 5.75 Å². The largest absolute Gasteiger partial charge is 0.491 e. The Morgan fingerprint density at radius 3 is 2.16 bits per heavy atom. The number of Topliss-reactive ketones (excluding diaryl/α,β-unsaturated/α-hetero) is 1. The van der Waals surface area contributed by atoms with Crippen LogP contribution in [-0.2, 0) is 6.54 Å². The van der Waals surface area contributed by atoms with Gasteiger partial charge in [0.15, 0.2) is 5.78 Å². The maximum atomic E-state index is 11.7. The lowest BCUT2D eigenvalue weighted by molar-refractivity contribution is 0.0446. The summed E-state index contributed by atoms with van der Waals surface area (Å²) in [5, 5.41) is 11.1. The van der Waals surface area contributed by atoms with Gasteiger partial charge < -0.3 is 9.84 Å². The number of ketones is 1. The zero-order chi connectivity index (χ0) is 20.6. The molecule has 5 nitrogen and oxygen atoms in total. The quantitative estimate of drug-likeness (QED) is 0.531. The number of carbonyl (C=O) groups is 1. The summed E-state index contributed by atoms with van der Waals surface area (Å²) in [6, 6.07) is 15.1. The van der Waals surface area contributed by atoms with Gasteiger partial charge in [0.05, 0.1) is 0 Å². The van der Waals surface area contributed by atoms with Crippen LogP contribution < -0.4 is 4.74 Å². The molecule has 31 heavy (non-hydrogen) atoms. The lowest BCUT2D eigenvalue weighted by Crippen LogP contribution is -2.48. The van der Waals surface area contributed by atoms with Gasteiger partial charge in [0, 0.05) is 56.3 Å². The molecule has 1 atom stereocenters. The Bertz CT molecular complexity index is 780. The Labute approximate surface area is 202 Å². The lowest BCUT2D eigenvalue weighted by Gasteiger charge is -2.35. The van der Waals surface area contributed by atoms with E-state index in [0.717, 1.165) is 37.7 Å². The van der Waals surface area contributed by atoms with E-state index in [0.29, 0.717) is 24.3 Å². The van der Waals surface area contributed by atoms with Crippen LogP contribution in [-0.4, -0.2) is 66.1 Å². The van der Waals surface area contributed by atoms with Gasteiger partial charge in [-0.3, -0.25) is 14.6 Å². The minimum absolute atomic E-state index is 0. The van der Waals surface area contributed by atoms with Gasteiger partial charge >= 0.3 is 0 Å². The van der Waals surface area contributed by atoms with E-state index < -0.39 is 6.10 Å². The van der Waals surface area contributed by atoms with Gasteiger partial charge in [-0.1, -0.05) is 30.7 Å². The Kier molecular flexibility index (Phi) is 12.5. The number of aliphatic hydroxyl groups excluding tert-OH is 1. The van der Waals surface area contributed by atoms with Crippen LogP contribution in [0.5, 0.6) is 5.75 Å². The molecule has 1 heterocycles. The summed E-state index contributed by atoms with van der Waals surface area (Å²) in [5.74, 6) is 0.788. The normalized spacial score (nSPS) is 15.5. The van der Waals surface area contributed by atoms with E-state index in [1.807, 2.05) is 19.1 Å². The molecule has 172 valence electrons. The zero-order valence-corrected chi connectivity index (χ0v) is 20.1. The van der Waals surface area contributed by atoms with Crippen LogP contribution in [0.15, 0.2) is 48.5 Å². The van der Waals surface area contributed by atoms with Crippen LogP contribution in [0.25, 0.3) is 0 Å². The molecule has 2 aromatic carbocycles. The van der Waals surface area contributed by atoms with Gasteiger partial charge in [-0.25, -0.2) is 0 Å². The van der Waals surface area contributed by atoms with E-state index in [2.05, 4.69) is 21.9 Å². The molecule has 0 bridgehead atoms. The number of hydrogen-bond acceptors (Lipinski definition) is 5. The predicted octanol–water partition coefficient (Wildman–Crippen LogP) is 4.33. The molecule has 0 aliphatic carbocycles. The van der Waals surface area contributed by atoms with E-state index in [1.165, 1.54) is 5.56 Å². The number of benzene rings is 2. The molecule has 3 rings (SSSR count). The third kappa shape index (κ3) is 8.97. The molecule has 0 amide bonds. The molecule has 0 saturated carbocycles. The van der Waals surface area contributed by atoms with Gasteiger partial charge in [-0.15, -0.1) is 24.8 Å². The highest BCUT2D eigenvalue weighted by Gasteiger charge is 2.19. The first kappa shape index (κ1) is 27.7. The van der Waals surface area contributed by atoms with E-state index >= 15 is 0 Å².